The normalized spacial score (nSPS) is 18.1. The van der Waals surface area contributed by atoms with Gasteiger partial charge in [0.05, 0.1) is 13.2 Å². The van der Waals surface area contributed by atoms with Gasteiger partial charge in [-0.05, 0) is 55.6 Å². The van der Waals surface area contributed by atoms with Crippen LogP contribution >= 0.6 is 0 Å². The Morgan fingerprint density at radius 1 is 0.839 bits per heavy atom. The Labute approximate surface area is 185 Å². The quantitative estimate of drug-likeness (QED) is 0.655. The Morgan fingerprint density at radius 2 is 1.55 bits per heavy atom. The zero-order valence-corrected chi connectivity index (χ0v) is 18.6. The second-order valence-electron chi connectivity index (χ2n) is 8.81. The first-order valence-electron chi connectivity index (χ1n) is 11.7. The van der Waals surface area contributed by atoms with Crippen LogP contribution in [0.4, 0.5) is 11.4 Å². The topological polar surface area (TPSA) is 34.7 Å². The fourth-order valence-electron chi connectivity index (χ4n) is 5.14. The van der Waals surface area contributed by atoms with Crippen LogP contribution in [-0.4, -0.2) is 68.9 Å². The summed E-state index contributed by atoms with van der Waals surface area (Å²) < 4.78 is 5.54. The van der Waals surface area contributed by atoms with E-state index in [-0.39, 0.29) is 0 Å². The molecule has 2 aromatic carbocycles. The van der Waals surface area contributed by atoms with Crippen molar-refractivity contribution < 1.29 is 4.74 Å². The molecule has 0 unspecified atom stereocenters. The third kappa shape index (κ3) is 4.43. The number of nitrogens with one attached hydrogen (secondary N) is 1. The van der Waals surface area contributed by atoms with Crippen molar-refractivity contribution in [2.45, 2.75) is 19.8 Å². The molecule has 2 fully saturated rings. The molecular weight excluding hydrogens is 384 g/mol. The number of aromatic amines is 1. The molecule has 0 saturated carbocycles. The second-order valence-corrected chi connectivity index (χ2v) is 8.81. The average Bonchev–Trinajstić information content (AvgIpc) is 3.24. The SMILES string of the molecule is Cc1c(N2CCOCC2)cccc1N1CCN(CCCc2c[nH]c3ccccc23)CC1. The zero-order chi connectivity index (χ0) is 21.0. The van der Waals surface area contributed by atoms with E-state index >= 15 is 0 Å². The van der Waals surface area contributed by atoms with E-state index in [0.717, 1.165) is 58.9 Å². The van der Waals surface area contributed by atoms with Crippen molar-refractivity contribution in [2.75, 3.05) is 68.8 Å². The maximum absolute atomic E-state index is 5.54. The molecule has 0 radical (unpaired) electrons. The number of morpholine rings is 1. The van der Waals surface area contributed by atoms with Gasteiger partial charge in [0.15, 0.2) is 0 Å². The van der Waals surface area contributed by atoms with Crippen molar-refractivity contribution in [2.24, 2.45) is 0 Å². The summed E-state index contributed by atoms with van der Waals surface area (Å²) in [5, 5.41) is 1.38. The van der Waals surface area contributed by atoms with E-state index in [1.165, 1.54) is 46.4 Å². The summed E-state index contributed by atoms with van der Waals surface area (Å²) in [6.45, 7) is 11.6. The lowest BCUT2D eigenvalue weighted by Gasteiger charge is -2.38. The molecule has 2 saturated heterocycles. The third-order valence-electron chi connectivity index (χ3n) is 6.94. The fourth-order valence-corrected chi connectivity index (χ4v) is 5.14. The number of aryl methyl sites for hydroxylation is 1. The number of rotatable bonds is 6. The van der Waals surface area contributed by atoms with Crippen molar-refractivity contribution in [1.82, 2.24) is 9.88 Å². The molecule has 3 aromatic rings. The summed E-state index contributed by atoms with van der Waals surface area (Å²) in [5.41, 5.74) is 6.90. The van der Waals surface area contributed by atoms with E-state index in [2.05, 4.69) is 75.3 Å². The molecule has 2 aliphatic heterocycles. The van der Waals surface area contributed by atoms with E-state index in [1.807, 2.05) is 0 Å². The number of fused-ring (bicyclic) bond motifs is 1. The Morgan fingerprint density at radius 3 is 2.32 bits per heavy atom. The highest BCUT2D eigenvalue weighted by Gasteiger charge is 2.21. The van der Waals surface area contributed by atoms with Crippen molar-refractivity contribution in [3.8, 4) is 0 Å². The van der Waals surface area contributed by atoms with Crippen molar-refractivity contribution in [3.05, 3.63) is 59.8 Å². The highest BCUT2D eigenvalue weighted by Crippen LogP contribution is 2.30. The summed E-state index contributed by atoms with van der Waals surface area (Å²) in [7, 11) is 0. The summed E-state index contributed by atoms with van der Waals surface area (Å²) in [5.74, 6) is 0. The Bertz CT molecular complexity index is 1000. The molecule has 1 aromatic heterocycles. The summed E-state index contributed by atoms with van der Waals surface area (Å²) in [6, 6.07) is 15.4. The van der Waals surface area contributed by atoms with E-state index in [9.17, 15) is 0 Å². The summed E-state index contributed by atoms with van der Waals surface area (Å²) in [4.78, 5) is 11.1. The number of anilines is 2. The van der Waals surface area contributed by atoms with E-state index in [1.54, 1.807) is 0 Å². The van der Waals surface area contributed by atoms with Crippen LogP contribution in [0.1, 0.15) is 17.5 Å². The number of aromatic nitrogens is 1. The maximum Gasteiger partial charge on any atom is 0.0642 e. The molecule has 0 atom stereocenters. The number of hydrogen-bond acceptors (Lipinski definition) is 4. The number of H-pyrrole nitrogens is 1. The number of para-hydroxylation sites is 1. The van der Waals surface area contributed by atoms with Gasteiger partial charge in [-0.25, -0.2) is 0 Å². The molecule has 5 heteroatoms. The number of piperazine rings is 1. The largest absolute Gasteiger partial charge is 0.378 e. The minimum absolute atomic E-state index is 0.834. The molecule has 3 heterocycles. The van der Waals surface area contributed by atoms with Gasteiger partial charge < -0.3 is 19.5 Å². The summed E-state index contributed by atoms with van der Waals surface area (Å²) in [6.07, 6.45) is 4.55. The molecule has 164 valence electrons. The molecular formula is C26H34N4O. The van der Waals surface area contributed by atoms with E-state index < -0.39 is 0 Å². The van der Waals surface area contributed by atoms with Crippen LogP contribution < -0.4 is 9.80 Å². The second kappa shape index (κ2) is 9.33. The van der Waals surface area contributed by atoms with Crippen LogP contribution in [0, 0.1) is 6.92 Å². The minimum atomic E-state index is 0.834. The van der Waals surface area contributed by atoms with Gasteiger partial charge in [-0.1, -0.05) is 24.3 Å². The summed E-state index contributed by atoms with van der Waals surface area (Å²) >= 11 is 0. The van der Waals surface area contributed by atoms with Gasteiger partial charge in [0, 0.05) is 67.7 Å². The Balaban J connectivity index is 1.14. The van der Waals surface area contributed by atoms with Crippen LogP contribution in [0.3, 0.4) is 0 Å². The third-order valence-corrected chi connectivity index (χ3v) is 6.94. The fraction of sp³-hybridized carbons (Fsp3) is 0.462. The van der Waals surface area contributed by atoms with E-state index in [4.69, 9.17) is 4.74 Å². The number of nitrogens with zero attached hydrogens (tertiary/aromatic N) is 3. The molecule has 5 rings (SSSR count). The lowest BCUT2D eigenvalue weighted by Crippen LogP contribution is -2.47. The monoisotopic (exact) mass is 418 g/mol. The Kier molecular flexibility index (Phi) is 6.14. The van der Waals surface area contributed by atoms with Crippen molar-refractivity contribution in [1.29, 1.82) is 0 Å². The van der Waals surface area contributed by atoms with Crippen LogP contribution in [0.2, 0.25) is 0 Å². The molecule has 0 bridgehead atoms. The first-order chi connectivity index (χ1) is 15.3. The van der Waals surface area contributed by atoms with Gasteiger partial charge in [-0.15, -0.1) is 0 Å². The zero-order valence-electron chi connectivity index (χ0n) is 18.6. The lowest BCUT2D eigenvalue weighted by molar-refractivity contribution is 0.122. The average molecular weight is 419 g/mol. The van der Waals surface area contributed by atoms with Gasteiger partial charge in [-0.3, -0.25) is 4.90 Å². The van der Waals surface area contributed by atoms with E-state index in [0.29, 0.717) is 0 Å². The highest BCUT2D eigenvalue weighted by atomic mass is 16.5. The predicted octanol–water partition coefficient (Wildman–Crippen LogP) is 4.07. The minimum Gasteiger partial charge on any atom is -0.378 e. The smallest absolute Gasteiger partial charge is 0.0642 e. The first-order valence-corrected chi connectivity index (χ1v) is 11.7. The van der Waals surface area contributed by atoms with Crippen LogP contribution in [0.5, 0.6) is 0 Å². The molecule has 0 spiro atoms. The Hall–Kier alpha value is -2.50. The number of benzene rings is 2. The van der Waals surface area contributed by atoms with Gasteiger partial charge >= 0.3 is 0 Å². The first kappa shape index (κ1) is 20.4. The van der Waals surface area contributed by atoms with Crippen LogP contribution in [0.25, 0.3) is 10.9 Å². The molecule has 5 nitrogen and oxygen atoms in total. The van der Waals surface area contributed by atoms with Crippen molar-refractivity contribution in [3.63, 3.8) is 0 Å². The van der Waals surface area contributed by atoms with Gasteiger partial charge in [-0.2, -0.15) is 0 Å². The maximum atomic E-state index is 5.54. The van der Waals surface area contributed by atoms with Gasteiger partial charge in [0.25, 0.3) is 0 Å². The van der Waals surface area contributed by atoms with Gasteiger partial charge in [0.2, 0.25) is 0 Å². The van der Waals surface area contributed by atoms with Crippen LogP contribution in [-0.2, 0) is 11.2 Å². The van der Waals surface area contributed by atoms with Crippen LogP contribution in [0.15, 0.2) is 48.7 Å². The molecule has 0 amide bonds. The molecule has 1 N–H and O–H groups in total. The van der Waals surface area contributed by atoms with Gasteiger partial charge in [0.1, 0.15) is 0 Å². The molecule has 2 aliphatic rings. The van der Waals surface area contributed by atoms with Crippen molar-refractivity contribution >= 4 is 22.3 Å². The molecule has 0 aliphatic carbocycles. The highest BCUT2D eigenvalue weighted by molar-refractivity contribution is 5.83. The predicted molar refractivity (Wildman–Crippen MR) is 129 cm³/mol. The number of hydrogen-bond donors (Lipinski definition) is 1. The number of ether oxygens (including phenoxy) is 1. The lowest BCUT2D eigenvalue weighted by atomic mass is 10.1. The molecule has 31 heavy (non-hydrogen) atoms. The standard InChI is InChI=1S/C26H34N4O/c1-21-25(9-4-10-26(21)30-16-18-31-19-17-30)29-14-12-28(13-15-29)11-5-6-22-20-27-24-8-3-2-7-23(22)24/h2-4,7-10,20,27H,5-6,11-19H2,1H3.